The quantitative estimate of drug-likeness (QED) is 0.358. The summed E-state index contributed by atoms with van der Waals surface area (Å²) in [5.41, 5.74) is 6.22. The van der Waals surface area contributed by atoms with Crippen molar-refractivity contribution in [3.05, 3.63) is 35.9 Å². The Hall–Kier alpha value is -0.600. The third-order valence-electron chi connectivity index (χ3n) is 1.56. The van der Waals surface area contributed by atoms with Gasteiger partial charge in [-0.15, -0.1) is 18.3 Å². The number of benzene rings is 1. The first-order valence-electron chi connectivity index (χ1n) is 4.02. The first kappa shape index (κ1) is 10.5. The number of anilines is 1. The van der Waals surface area contributed by atoms with Gasteiger partial charge in [0, 0.05) is 10.6 Å². The molecule has 0 spiro atoms. The van der Waals surface area contributed by atoms with Crippen molar-refractivity contribution in [3.63, 3.8) is 0 Å². The van der Waals surface area contributed by atoms with E-state index >= 15 is 0 Å². The minimum Gasteiger partial charge on any atom is -0.398 e. The van der Waals surface area contributed by atoms with Crippen molar-refractivity contribution in [1.29, 1.82) is 0 Å². The lowest BCUT2D eigenvalue weighted by Crippen LogP contribution is -1.85. The van der Waals surface area contributed by atoms with Gasteiger partial charge >= 0.3 is 0 Å². The second-order valence-corrected chi connectivity index (χ2v) is 4.18. The zero-order chi connectivity index (χ0) is 9.68. The molecule has 1 nitrogen and oxygen atoms in total. The molecule has 3 heteroatoms. The maximum absolute atomic E-state index is 5.87. The van der Waals surface area contributed by atoms with Gasteiger partial charge in [-0.25, -0.2) is 0 Å². The van der Waals surface area contributed by atoms with Crippen LogP contribution in [0, 0.1) is 0 Å². The summed E-state index contributed by atoms with van der Waals surface area (Å²) in [6.07, 6.45) is 2.92. The lowest BCUT2D eigenvalue weighted by atomic mass is 10.3. The molecule has 0 aliphatic heterocycles. The number of rotatable bonds is 4. The van der Waals surface area contributed by atoms with Gasteiger partial charge in [0.05, 0.1) is 10.7 Å². The van der Waals surface area contributed by atoms with E-state index in [0.717, 1.165) is 17.1 Å². The molecule has 0 bridgehead atoms. The van der Waals surface area contributed by atoms with Crippen molar-refractivity contribution in [2.45, 2.75) is 11.3 Å². The second kappa shape index (κ2) is 5.20. The summed E-state index contributed by atoms with van der Waals surface area (Å²) in [5, 5.41) is 0.628. The van der Waals surface area contributed by atoms with Gasteiger partial charge in [-0.05, 0) is 24.6 Å². The Balaban J connectivity index is 2.57. The van der Waals surface area contributed by atoms with E-state index in [1.807, 2.05) is 24.3 Å². The molecule has 1 aromatic rings. The number of allylic oxidation sites excluding steroid dienone is 1. The van der Waals surface area contributed by atoms with Gasteiger partial charge in [0.1, 0.15) is 0 Å². The first-order valence-corrected chi connectivity index (χ1v) is 5.39. The van der Waals surface area contributed by atoms with E-state index in [-0.39, 0.29) is 0 Å². The van der Waals surface area contributed by atoms with E-state index in [2.05, 4.69) is 6.58 Å². The van der Waals surface area contributed by atoms with Crippen molar-refractivity contribution in [1.82, 2.24) is 0 Å². The minimum absolute atomic E-state index is 0.628. The van der Waals surface area contributed by atoms with E-state index < -0.39 is 0 Å². The molecule has 0 atom stereocenters. The molecule has 0 saturated heterocycles. The number of hydrogen-bond donors (Lipinski definition) is 1. The zero-order valence-corrected chi connectivity index (χ0v) is 8.87. The van der Waals surface area contributed by atoms with Crippen LogP contribution in [-0.4, -0.2) is 5.75 Å². The Bertz CT molecular complexity index is 299. The van der Waals surface area contributed by atoms with Crippen LogP contribution in [0.25, 0.3) is 0 Å². The summed E-state index contributed by atoms with van der Waals surface area (Å²) >= 11 is 7.62. The Kier molecular flexibility index (Phi) is 4.19. The molecule has 0 fully saturated rings. The highest BCUT2D eigenvalue weighted by Crippen LogP contribution is 2.26. The second-order valence-electron chi connectivity index (χ2n) is 2.61. The highest BCUT2D eigenvalue weighted by Gasteiger charge is 1.97. The fourth-order valence-corrected chi connectivity index (χ4v) is 1.99. The number of hydrogen-bond acceptors (Lipinski definition) is 2. The number of thioether (sulfide) groups is 1. The lowest BCUT2D eigenvalue weighted by molar-refractivity contribution is 1.24. The lowest BCUT2D eigenvalue weighted by Gasteiger charge is -2.02. The van der Waals surface area contributed by atoms with Gasteiger partial charge in [-0.1, -0.05) is 17.7 Å². The third kappa shape index (κ3) is 3.33. The average molecular weight is 214 g/mol. The molecular weight excluding hydrogens is 202 g/mol. The molecule has 0 aromatic heterocycles. The van der Waals surface area contributed by atoms with E-state index in [4.69, 9.17) is 17.3 Å². The molecule has 2 N–H and O–H groups in total. The normalized spacial score (nSPS) is 9.92. The van der Waals surface area contributed by atoms with Gasteiger partial charge in [-0.3, -0.25) is 0 Å². The number of nitrogens with two attached hydrogens (primary N) is 1. The van der Waals surface area contributed by atoms with Crippen LogP contribution in [0.2, 0.25) is 5.02 Å². The molecule has 0 amide bonds. The summed E-state index contributed by atoms with van der Waals surface area (Å²) in [5.74, 6) is 1.03. The summed E-state index contributed by atoms with van der Waals surface area (Å²) in [6, 6.07) is 5.71. The largest absolute Gasteiger partial charge is 0.398 e. The third-order valence-corrected chi connectivity index (χ3v) is 2.92. The molecule has 70 valence electrons. The smallest absolute Gasteiger partial charge is 0.0646 e. The molecule has 1 aromatic carbocycles. The molecule has 13 heavy (non-hydrogen) atoms. The highest BCUT2D eigenvalue weighted by atomic mass is 35.5. The van der Waals surface area contributed by atoms with Gasteiger partial charge in [0.15, 0.2) is 0 Å². The SMILES string of the molecule is C=CCCSc1ccc(N)c(Cl)c1. The molecule has 0 radical (unpaired) electrons. The van der Waals surface area contributed by atoms with E-state index in [1.165, 1.54) is 0 Å². The summed E-state index contributed by atoms with van der Waals surface area (Å²) in [4.78, 5) is 1.15. The van der Waals surface area contributed by atoms with Crippen LogP contribution < -0.4 is 5.73 Å². The molecule has 1 rings (SSSR count). The molecular formula is C10H12ClNS. The average Bonchev–Trinajstić information content (AvgIpc) is 2.12. The van der Waals surface area contributed by atoms with Crippen LogP contribution >= 0.6 is 23.4 Å². The Morgan fingerprint density at radius 3 is 2.92 bits per heavy atom. The molecule has 0 saturated carbocycles. The fraction of sp³-hybridized carbons (Fsp3) is 0.200. The molecule has 0 aliphatic rings. The Labute approximate surface area is 88.0 Å². The van der Waals surface area contributed by atoms with Crippen LogP contribution in [0.4, 0.5) is 5.69 Å². The van der Waals surface area contributed by atoms with Crippen molar-refractivity contribution in [2.75, 3.05) is 11.5 Å². The van der Waals surface area contributed by atoms with E-state index in [0.29, 0.717) is 10.7 Å². The topological polar surface area (TPSA) is 26.0 Å². The van der Waals surface area contributed by atoms with Crippen LogP contribution in [0.15, 0.2) is 35.7 Å². The Morgan fingerprint density at radius 1 is 1.54 bits per heavy atom. The van der Waals surface area contributed by atoms with E-state index in [1.54, 1.807) is 11.8 Å². The van der Waals surface area contributed by atoms with E-state index in [9.17, 15) is 0 Å². The summed E-state index contributed by atoms with van der Waals surface area (Å²) < 4.78 is 0. The van der Waals surface area contributed by atoms with Crippen LogP contribution in [0.3, 0.4) is 0 Å². The molecule has 0 unspecified atom stereocenters. The maximum Gasteiger partial charge on any atom is 0.0646 e. The van der Waals surface area contributed by atoms with Gasteiger partial charge in [-0.2, -0.15) is 0 Å². The minimum atomic E-state index is 0.628. The number of nitrogen functional groups attached to an aromatic ring is 1. The molecule has 0 aliphatic carbocycles. The van der Waals surface area contributed by atoms with Crippen molar-refractivity contribution in [2.24, 2.45) is 0 Å². The highest BCUT2D eigenvalue weighted by molar-refractivity contribution is 7.99. The van der Waals surface area contributed by atoms with Crippen LogP contribution in [-0.2, 0) is 0 Å². The van der Waals surface area contributed by atoms with Gasteiger partial charge < -0.3 is 5.73 Å². The van der Waals surface area contributed by atoms with Crippen molar-refractivity contribution < 1.29 is 0 Å². The summed E-state index contributed by atoms with van der Waals surface area (Å²) in [6.45, 7) is 3.66. The standard InChI is InChI=1S/C10H12ClNS/c1-2-3-6-13-8-4-5-10(12)9(11)7-8/h2,4-5,7H,1,3,6,12H2. The van der Waals surface area contributed by atoms with Crippen molar-refractivity contribution in [3.8, 4) is 0 Å². The maximum atomic E-state index is 5.87. The molecule has 0 heterocycles. The number of halogens is 1. The van der Waals surface area contributed by atoms with Gasteiger partial charge in [0.25, 0.3) is 0 Å². The first-order chi connectivity index (χ1) is 6.24. The Morgan fingerprint density at radius 2 is 2.31 bits per heavy atom. The predicted molar refractivity (Wildman–Crippen MR) is 61.4 cm³/mol. The zero-order valence-electron chi connectivity index (χ0n) is 7.29. The van der Waals surface area contributed by atoms with Crippen LogP contribution in [0.5, 0.6) is 0 Å². The monoisotopic (exact) mass is 213 g/mol. The van der Waals surface area contributed by atoms with Gasteiger partial charge in [0.2, 0.25) is 0 Å². The fourth-order valence-electron chi connectivity index (χ4n) is 0.858. The predicted octanol–water partition coefficient (Wildman–Crippen LogP) is 3.59. The summed E-state index contributed by atoms with van der Waals surface area (Å²) in [7, 11) is 0. The van der Waals surface area contributed by atoms with Crippen LogP contribution in [0.1, 0.15) is 6.42 Å². The van der Waals surface area contributed by atoms with Crippen molar-refractivity contribution >= 4 is 29.1 Å².